The Morgan fingerprint density at radius 1 is 1.18 bits per heavy atom. The molecule has 7 heteroatoms. The minimum absolute atomic E-state index is 0.00479. The van der Waals surface area contributed by atoms with Crippen molar-refractivity contribution in [2.24, 2.45) is 0 Å². The number of nitrogens with zero attached hydrogens (tertiary/aromatic N) is 2. The van der Waals surface area contributed by atoms with Gasteiger partial charge in [0, 0.05) is 58.5 Å². The summed E-state index contributed by atoms with van der Waals surface area (Å²) < 4.78 is 0. The summed E-state index contributed by atoms with van der Waals surface area (Å²) in [5, 5.41) is 15.1. The highest BCUT2D eigenvalue weighted by atomic mass is 16.3. The molecule has 2 fully saturated rings. The summed E-state index contributed by atoms with van der Waals surface area (Å²) in [7, 11) is 0. The van der Waals surface area contributed by atoms with Crippen molar-refractivity contribution in [2.45, 2.75) is 31.7 Å². The fourth-order valence-electron chi connectivity index (χ4n) is 3.19. The van der Waals surface area contributed by atoms with Gasteiger partial charge in [-0.1, -0.05) is 0 Å². The molecule has 2 amide bonds. The molecule has 126 valence electrons. The number of aliphatic hydroxyl groups excluding tert-OH is 1. The molecule has 0 aromatic carbocycles. The number of piperidine rings is 1. The van der Waals surface area contributed by atoms with Gasteiger partial charge in [0.2, 0.25) is 0 Å². The van der Waals surface area contributed by atoms with Crippen molar-refractivity contribution in [3.8, 4) is 0 Å². The third-order valence-corrected chi connectivity index (χ3v) is 4.47. The van der Waals surface area contributed by atoms with Gasteiger partial charge < -0.3 is 20.6 Å². The van der Waals surface area contributed by atoms with E-state index in [9.17, 15) is 9.59 Å². The Bertz CT molecular complexity index is 370. The lowest BCUT2D eigenvalue weighted by atomic mass is 9.99. The maximum Gasteiger partial charge on any atom is 0.312 e. The molecule has 7 nitrogen and oxygen atoms in total. The first-order chi connectivity index (χ1) is 10.7. The maximum absolute atomic E-state index is 12.3. The van der Waals surface area contributed by atoms with Crippen LogP contribution in [0.2, 0.25) is 0 Å². The van der Waals surface area contributed by atoms with Crippen LogP contribution in [0.5, 0.6) is 0 Å². The van der Waals surface area contributed by atoms with Crippen LogP contribution in [0.1, 0.15) is 25.7 Å². The smallest absolute Gasteiger partial charge is 0.312 e. The van der Waals surface area contributed by atoms with E-state index in [1.165, 1.54) is 0 Å². The molecule has 2 aliphatic rings. The van der Waals surface area contributed by atoms with Crippen LogP contribution in [0.3, 0.4) is 0 Å². The molecule has 0 saturated carbocycles. The molecule has 2 heterocycles. The Labute approximate surface area is 132 Å². The molecule has 2 rings (SSSR count). The van der Waals surface area contributed by atoms with Crippen LogP contribution in [0.25, 0.3) is 0 Å². The Balaban J connectivity index is 1.74. The normalized spacial score (nSPS) is 23.3. The quantitative estimate of drug-likeness (QED) is 0.554. The SMILES string of the molecule is O=C(NCCN1CCNCC1)C(=O)N1CCCCC1CCO. The first kappa shape index (κ1) is 17.2. The van der Waals surface area contributed by atoms with Crippen LogP contribution in [0.4, 0.5) is 0 Å². The van der Waals surface area contributed by atoms with E-state index in [0.29, 0.717) is 19.5 Å². The zero-order valence-corrected chi connectivity index (χ0v) is 13.2. The van der Waals surface area contributed by atoms with E-state index in [1.807, 2.05) is 0 Å². The molecule has 0 aliphatic carbocycles. The molecule has 0 radical (unpaired) electrons. The van der Waals surface area contributed by atoms with Crippen LogP contribution in [0.15, 0.2) is 0 Å². The van der Waals surface area contributed by atoms with Crippen molar-refractivity contribution in [2.75, 3.05) is 52.4 Å². The fraction of sp³-hybridized carbons (Fsp3) is 0.867. The van der Waals surface area contributed by atoms with Crippen LogP contribution < -0.4 is 10.6 Å². The van der Waals surface area contributed by atoms with Gasteiger partial charge in [-0.3, -0.25) is 14.5 Å². The van der Waals surface area contributed by atoms with E-state index in [1.54, 1.807) is 4.90 Å². The number of likely N-dealkylation sites (tertiary alicyclic amines) is 1. The molecule has 1 unspecified atom stereocenters. The van der Waals surface area contributed by atoms with Crippen molar-refractivity contribution in [3.05, 3.63) is 0 Å². The Morgan fingerprint density at radius 3 is 2.68 bits per heavy atom. The van der Waals surface area contributed by atoms with Crippen molar-refractivity contribution in [1.82, 2.24) is 20.4 Å². The molecular weight excluding hydrogens is 284 g/mol. The average molecular weight is 312 g/mol. The molecule has 0 aromatic heterocycles. The number of amides is 2. The highest BCUT2D eigenvalue weighted by molar-refractivity contribution is 6.35. The van der Waals surface area contributed by atoms with E-state index in [0.717, 1.165) is 52.0 Å². The first-order valence-electron chi connectivity index (χ1n) is 8.35. The predicted molar refractivity (Wildman–Crippen MR) is 83.4 cm³/mol. The van der Waals surface area contributed by atoms with Gasteiger partial charge in [-0.2, -0.15) is 0 Å². The summed E-state index contributed by atoms with van der Waals surface area (Å²) >= 11 is 0. The van der Waals surface area contributed by atoms with Crippen molar-refractivity contribution in [3.63, 3.8) is 0 Å². The predicted octanol–water partition coefficient (Wildman–Crippen LogP) is -1.23. The Morgan fingerprint density at radius 2 is 1.95 bits per heavy atom. The van der Waals surface area contributed by atoms with E-state index in [2.05, 4.69) is 15.5 Å². The summed E-state index contributed by atoms with van der Waals surface area (Å²) in [6.45, 7) is 5.87. The summed E-state index contributed by atoms with van der Waals surface area (Å²) in [4.78, 5) is 28.2. The van der Waals surface area contributed by atoms with E-state index in [4.69, 9.17) is 5.11 Å². The topological polar surface area (TPSA) is 84.9 Å². The third kappa shape index (κ3) is 4.93. The highest BCUT2D eigenvalue weighted by Gasteiger charge is 2.30. The van der Waals surface area contributed by atoms with Gasteiger partial charge in [-0.15, -0.1) is 0 Å². The second kappa shape index (κ2) is 9.07. The van der Waals surface area contributed by atoms with Crippen LogP contribution >= 0.6 is 0 Å². The van der Waals surface area contributed by atoms with Crippen LogP contribution in [-0.4, -0.2) is 85.2 Å². The van der Waals surface area contributed by atoms with E-state index >= 15 is 0 Å². The lowest BCUT2D eigenvalue weighted by Gasteiger charge is -2.35. The molecule has 2 saturated heterocycles. The molecule has 0 spiro atoms. The van der Waals surface area contributed by atoms with Crippen LogP contribution in [-0.2, 0) is 9.59 Å². The second-order valence-corrected chi connectivity index (χ2v) is 6.01. The number of hydrogen-bond donors (Lipinski definition) is 3. The number of hydrogen-bond acceptors (Lipinski definition) is 5. The largest absolute Gasteiger partial charge is 0.396 e. The van der Waals surface area contributed by atoms with Gasteiger partial charge >= 0.3 is 11.8 Å². The standard InChI is InChI=1S/C15H28N4O3/c20-12-4-13-3-1-2-8-19(13)15(22)14(21)17-7-11-18-9-5-16-6-10-18/h13,16,20H,1-12H2,(H,17,21). The number of nitrogens with one attached hydrogen (secondary N) is 2. The lowest BCUT2D eigenvalue weighted by molar-refractivity contribution is -0.148. The minimum Gasteiger partial charge on any atom is -0.396 e. The summed E-state index contributed by atoms with van der Waals surface area (Å²) in [5.74, 6) is -0.960. The lowest BCUT2D eigenvalue weighted by Crippen LogP contribution is -2.51. The van der Waals surface area contributed by atoms with Gasteiger partial charge in [0.1, 0.15) is 0 Å². The minimum atomic E-state index is -0.514. The number of carbonyl (C=O) groups is 2. The maximum atomic E-state index is 12.3. The molecule has 0 aromatic rings. The molecular formula is C15H28N4O3. The molecule has 1 atom stereocenters. The summed E-state index contributed by atoms with van der Waals surface area (Å²) in [6, 6.07) is 0.00479. The fourth-order valence-corrected chi connectivity index (χ4v) is 3.19. The van der Waals surface area contributed by atoms with Gasteiger partial charge in [0.05, 0.1) is 0 Å². The average Bonchev–Trinajstić information content (AvgIpc) is 2.56. The molecule has 3 N–H and O–H groups in total. The van der Waals surface area contributed by atoms with Crippen molar-refractivity contribution < 1.29 is 14.7 Å². The summed E-state index contributed by atoms with van der Waals surface area (Å²) in [6.07, 6.45) is 3.42. The second-order valence-electron chi connectivity index (χ2n) is 6.01. The first-order valence-corrected chi connectivity index (χ1v) is 8.35. The number of carbonyl (C=O) groups excluding carboxylic acids is 2. The molecule has 0 bridgehead atoms. The van der Waals surface area contributed by atoms with Gasteiger partial charge in [0.15, 0.2) is 0 Å². The van der Waals surface area contributed by atoms with Crippen LogP contribution in [0, 0.1) is 0 Å². The molecule has 2 aliphatic heterocycles. The number of aliphatic hydroxyl groups is 1. The number of piperazine rings is 1. The van der Waals surface area contributed by atoms with Gasteiger partial charge in [0.25, 0.3) is 0 Å². The Hall–Kier alpha value is -1.18. The Kier molecular flexibility index (Phi) is 7.08. The van der Waals surface area contributed by atoms with Gasteiger partial charge in [-0.25, -0.2) is 0 Å². The third-order valence-electron chi connectivity index (χ3n) is 4.47. The highest BCUT2D eigenvalue weighted by Crippen LogP contribution is 2.19. The molecule has 22 heavy (non-hydrogen) atoms. The van der Waals surface area contributed by atoms with E-state index < -0.39 is 11.8 Å². The summed E-state index contributed by atoms with van der Waals surface area (Å²) in [5.41, 5.74) is 0. The van der Waals surface area contributed by atoms with Crippen molar-refractivity contribution >= 4 is 11.8 Å². The number of rotatable bonds is 5. The monoisotopic (exact) mass is 312 g/mol. The zero-order chi connectivity index (χ0) is 15.8. The van der Waals surface area contributed by atoms with E-state index in [-0.39, 0.29) is 12.6 Å². The van der Waals surface area contributed by atoms with Crippen molar-refractivity contribution in [1.29, 1.82) is 0 Å². The van der Waals surface area contributed by atoms with Gasteiger partial charge in [-0.05, 0) is 25.7 Å². The zero-order valence-electron chi connectivity index (χ0n) is 13.2.